The number of nitrogens with zero attached hydrogens (tertiary/aromatic N) is 7. The van der Waals surface area contributed by atoms with E-state index in [4.69, 9.17) is 4.42 Å². The fourth-order valence-electron chi connectivity index (χ4n) is 4.45. The van der Waals surface area contributed by atoms with Gasteiger partial charge >= 0.3 is 0 Å². The van der Waals surface area contributed by atoms with Crippen LogP contribution in [0.25, 0.3) is 11.5 Å². The van der Waals surface area contributed by atoms with Crippen molar-refractivity contribution in [3.8, 4) is 11.5 Å². The lowest BCUT2D eigenvalue weighted by atomic mass is 9.62. The molecule has 4 heterocycles. The number of H-pyrrole nitrogens is 1. The predicted octanol–water partition coefficient (Wildman–Crippen LogP) is 0.689. The minimum Gasteiger partial charge on any atom is -0.420 e. The summed E-state index contributed by atoms with van der Waals surface area (Å²) in [6.45, 7) is 1.03. The maximum Gasteiger partial charge on any atom is 0.250 e. The molecule has 163 valence electrons. The Bertz CT molecular complexity index is 1280. The van der Waals surface area contributed by atoms with Crippen molar-refractivity contribution < 1.29 is 9.21 Å². The summed E-state index contributed by atoms with van der Waals surface area (Å²) in [6.07, 6.45) is 6.09. The topological polar surface area (TPSA) is 127 Å². The second-order valence-corrected chi connectivity index (χ2v) is 8.39. The standard InChI is InChI=1S/C22H20BN8O2/c32-20(31-6-5-17-18(12-31)27-30-26-17)9-19-28-29-21(33-19)15-10-24-22(25-11-15)23-16-7-13-3-1-2-4-14(13)8-16/h1-4,10-11,16H,5-9,12H2,(H,26,27,30). The molecule has 0 atom stereocenters. The van der Waals surface area contributed by atoms with Crippen LogP contribution in [0.2, 0.25) is 5.82 Å². The maximum absolute atomic E-state index is 12.6. The summed E-state index contributed by atoms with van der Waals surface area (Å²) in [4.78, 5) is 23.3. The van der Waals surface area contributed by atoms with Crippen LogP contribution in [0.1, 0.15) is 28.4 Å². The van der Waals surface area contributed by atoms with Gasteiger partial charge in [0.15, 0.2) is 0 Å². The Labute approximate surface area is 190 Å². The van der Waals surface area contributed by atoms with Gasteiger partial charge in [-0.3, -0.25) is 14.8 Å². The summed E-state index contributed by atoms with van der Waals surface area (Å²) in [5.74, 6) is 0.880. The van der Waals surface area contributed by atoms with Gasteiger partial charge in [-0.05, 0) is 24.0 Å². The van der Waals surface area contributed by atoms with E-state index in [1.807, 2.05) is 0 Å². The van der Waals surface area contributed by atoms with E-state index in [1.54, 1.807) is 17.3 Å². The van der Waals surface area contributed by atoms with E-state index in [0.29, 0.717) is 42.5 Å². The Kier molecular flexibility index (Phi) is 4.93. The molecule has 0 saturated heterocycles. The van der Waals surface area contributed by atoms with Crippen molar-refractivity contribution in [2.24, 2.45) is 0 Å². The molecule has 0 unspecified atom stereocenters. The lowest BCUT2D eigenvalue weighted by Crippen LogP contribution is -2.37. The molecule has 1 N–H and O–H groups in total. The number of benzene rings is 1. The van der Waals surface area contributed by atoms with Crippen LogP contribution < -0.4 is 5.72 Å². The van der Waals surface area contributed by atoms with Crippen LogP contribution in [-0.4, -0.2) is 60.2 Å². The van der Waals surface area contributed by atoms with Crippen LogP contribution in [0.15, 0.2) is 41.1 Å². The van der Waals surface area contributed by atoms with Gasteiger partial charge in [-0.25, -0.2) is 0 Å². The molecule has 6 rings (SSSR count). The second kappa shape index (κ2) is 8.23. The number of hydrogen-bond donors (Lipinski definition) is 1. The summed E-state index contributed by atoms with van der Waals surface area (Å²) in [7, 11) is 2.11. The first-order valence-corrected chi connectivity index (χ1v) is 10.9. The zero-order valence-electron chi connectivity index (χ0n) is 17.8. The second-order valence-electron chi connectivity index (χ2n) is 8.39. The number of hydrogen-bond acceptors (Lipinski definition) is 8. The predicted molar refractivity (Wildman–Crippen MR) is 118 cm³/mol. The van der Waals surface area contributed by atoms with E-state index in [9.17, 15) is 4.79 Å². The van der Waals surface area contributed by atoms with E-state index in [1.165, 1.54) is 11.1 Å². The molecule has 0 spiro atoms. The molecule has 4 aromatic rings. The van der Waals surface area contributed by atoms with Crippen LogP contribution in [0.5, 0.6) is 0 Å². The van der Waals surface area contributed by atoms with Gasteiger partial charge in [-0.2, -0.15) is 15.4 Å². The number of carbonyl (C=O) groups is 1. The first-order chi connectivity index (χ1) is 16.2. The fraction of sp³-hybridized carbons (Fsp3) is 0.318. The third-order valence-electron chi connectivity index (χ3n) is 6.17. The van der Waals surface area contributed by atoms with Crippen LogP contribution >= 0.6 is 0 Å². The Morgan fingerprint density at radius 3 is 2.64 bits per heavy atom. The summed E-state index contributed by atoms with van der Waals surface area (Å²) < 4.78 is 5.71. The lowest BCUT2D eigenvalue weighted by molar-refractivity contribution is -0.131. The number of aromatic nitrogens is 7. The number of nitrogens with one attached hydrogen (secondary N) is 1. The molecule has 11 heteroatoms. The normalized spacial score (nSPS) is 15.3. The van der Waals surface area contributed by atoms with Crippen molar-refractivity contribution in [1.29, 1.82) is 0 Å². The molecular formula is C22H20BN8O2. The minimum atomic E-state index is -0.0855. The highest BCUT2D eigenvalue weighted by atomic mass is 16.4. The Morgan fingerprint density at radius 2 is 1.85 bits per heavy atom. The Morgan fingerprint density at radius 1 is 1.09 bits per heavy atom. The summed E-state index contributed by atoms with van der Waals surface area (Å²) in [5, 5.41) is 18.9. The minimum absolute atomic E-state index is 0.0368. The van der Waals surface area contributed by atoms with E-state index in [0.717, 1.165) is 24.2 Å². The molecule has 33 heavy (non-hydrogen) atoms. The van der Waals surface area contributed by atoms with Gasteiger partial charge in [0.2, 0.25) is 19.1 Å². The van der Waals surface area contributed by atoms with Crippen molar-refractivity contribution in [3.63, 3.8) is 0 Å². The van der Waals surface area contributed by atoms with Gasteiger partial charge in [0.05, 0.1) is 23.5 Å². The van der Waals surface area contributed by atoms with Crippen molar-refractivity contribution >= 4 is 18.9 Å². The largest absolute Gasteiger partial charge is 0.420 e. The van der Waals surface area contributed by atoms with Gasteiger partial charge in [0.1, 0.15) is 12.1 Å². The Hall–Kier alpha value is -3.89. The molecule has 1 amide bonds. The summed E-state index contributed by atoms with van der Waals surface area (Å²) in [5.41, 5.74) is 5.82. The third-order valence-corrected chi connectivity index (χ3v) is 6.17. The van der Waals surface area contributed by atoms with Crippen molar-refractivity contribution in [3.05, 3.63) is 65.1 Å². The fourth-order valence-corrected chi connectivity index (χ4v) is 4.45. The molecule has 1 aliphatic heterocycles. The van der Waals surface area contributed by atoms with E-state index >= 15 is 0 Å². The third kappa shape index (κ3) is 4.01. The van der Waals surface area contributed by atoms with Crippen LogP contribution in [0.3, 0.4) is 0 Å². The van der Waals surface area contributed by atoms with Gasteiger partial charge in [-0.1, -0.05) is 30.1 Å². The molecule has 1 radical (unpaired) electrons. The molecular weight excluding hydrogens is 419 g/mol. The quantitative estimate of drug-likeness (QED) is 0.450. The number of fused-ring (bicyclic) bond motifs is 2. The van der Waals surface area contributed by atoms with Gasteiger partial charge in [-0.15, -0.1) is 10.2 Å². The van der Waals surface area contributed by atoms with Crippen molar-refractivity contribution in [1.82, 2.24) is 40.5 Å². The van der Waals surface area contributed by atoms with Crippen LogP contribution in [-0.2, 0) is 37.0 Å². The Balaban J connectivity index is 1.07. The number of amides is 1. The maximum atomic E-state index is 12.6. The van der Waals surface area contributed by atoms with Gasteiger partial charge in [0.25, 0.3) is 5.89 Å². The van der Waals surface area contributed by atoms with Gasteiger partial charge < -0.3 is 9.32 Å². The van der Waals surface area contributed by atoms with Crippen LogP contribution in [0, 0.1) is 0 Å². The molecule has 10 nitrogen and oxygen atoms in total. The molecule has 0 saturated carbocycles. The highest BCUT2D eigenvalue weighted by Gasteiger charge is 2.26. The van der Waals surface area contributed by atoms with Crippen molar-refractivity contribution in [2.75, 3.05) is 6.54 Å². The smallest absolute Gasteiger partial charge is 0.250 e. The highest BCUT2D eigenvalue weighted by molar-refractivity contribution is 6.53. The zero-order valence-corrected chi connectivity index (χ0v) is 17.8. The number of rotatable bonds is 5. The average molecular weight is 439 g/mol. The first-order valence-electron chi connectivity index (χ1n) is 10.9. The highest BCUT2D eigenvalue weighted by Crippen LogP contribution is 2.29. The molecule has 3 aromatic heterocycles. The lowest BCUT2D eigenvalue weighted by Gasteiger charge is -2.24. The first kappa shape index (κ1) is 19.8. The number of aromatic amines is 1. The molecule has 0 fully saturated rings. The summed E-state index contributed by atoms with van der Waals surface area (Å²) >= 11 is 0. The molecule has 2 aliphatic rings. The van der Waals surface area contributed by atoms with Crippen molar-refractivity contribution in [2.45, 2.75) is 38.0 Å². The summed E-state index contributed by atoms with van der Waals surface area (Å²) in [6, 6.07) is 8.53. The molecule has 1 aliphatic carbocycles. The van der Waals surface area contributed by atoms with E-state index in [-0.39, 0.29) is 18.2 Å². The molecule has 0 bridgehead atoms. The monoisotopic (exact) mass is 439 g/mol. The SMILES string of the molecule is O=C(Cc1nnc(-c2cnc([B]C3Cc4ccccc4C3)nc2)o1)N1CCc2n[nH]nc2C1. The van der Waals surface area contributed by atoms with Crippen LogP contribution in [0.4, 0.5) is 0 Å². The van der Waals surface area contributed by atoms with Gasteiger partial charge in [0, 0.05) is 25.4 Å². The number of carbonyl (C=O) groups excluding carboxylic acids is 1. The van der Waals surface area contributed by atoms with E-state index < -0.39 is 0 Å². The zero-order chi connectivity index (χ0) is 22.2. The average Bonchev–Trinajstić information content (AvgIpc) is 3.58. The molecule has 1 aromatic carbocycles. The van der Waals surface area contributed by atoms with E-state index in [2.05, 4.69) is 67.1 Å².